The summed E-state index contributed by atoms with van der Waals surface area (Å²) < 4.78 is 15.9. The molecule has 0 spiro atoms. The van der Waals surface area contributed by atoms with Crippen LogP contribution >= 0.6 is 11.3 Å². The molecule has 1 heterocycles. The minimum atomic E-state index is -0.448. The van der Waals surface area contributed by atoms with Crippen molar-refractivity contribution in [3.05, 3.63) is 45.6 Å². The monoisotopic (exact) mass is 405 g/mol. The third kappa shape index (κ3) is 5.73. The molecule has 0 aliphatic rings. The number of methoxy groups -OCH3 is 2. The van der Waals surface area contributed by atoms with Crippen molar-refractivity contribution in [2.45, 2.75) is 39.2 Å². The molecule has 1 amide bonds. The lowest BCUT2D eigenvalue weighted by atomic mass is 10.1. The van der Waals surface area contributed by atoms with Gasteiger partial charge in [-0.25, -0.2) is 4.79 Å². The molecular formula is C21H27NO5S. The Bertz CT molecular complexity index is 802. The molecule has 1 unspecified atom stereocenters. The number of ether oxygens (including phenoxy) is 3. The highest BCUT2D eigenvalue weighted by molar-refractivity contribution is 7.15. The van der Waals surface area contributed by atoms with Crippen LogP contribution in [0.1, 0.15) is 64.1 Å². The highest BCUT2D eigenvalue weighted by Crippen LogP contribution is 2.31. The van der Waals surface area contributed by atoms with Crippen molar-refractivity contribution in [1.29, 1.82) is 0 Å². The average molecular weight is 406 g/mol. The molecule has 0 saturated carbocycles. The maximum atomic E-state index is 12.5. The van der Waals surface area contributed by atoms with E-state index in [0.717, 1.165) is 36.2 Å². The predicted molar refractivity (Wildman–Crippen MR) is 110 cm³/mol. The molecule has 2 aromatic rings. The Morgan fingerprint density at radius 2 is 1.82 bits per heavy atom. The molecule has 0 saturated heterocycles. The third-order valence-corrected chi connectivity index (χ3v) is 5.32. The Hall–Kier alpha value is -2.54. The van der Waals surface area contributed by atoms with Crippen LogP contribution in [-0.4, -0.2) is 32.7 Å². The molecule has 1 atom stereocenters. The molecule has 1 N–H and O–H groups in total. The first kappa shape index (κ1) is 21.8. The van der Waals surface area contributed by atoms with Crippen molar-refractivity contribution in [3.63, 3.8) is 0 Å². The van der Waals surface area contributed by atoms with Crippen molar-refractivity contribution < 1.29 is 23.8 Å². The summed E-state index contributed by atoms with van der Waals surface area (Å²) in [5.41, 5.74) is 0.899. The normalized spacial score (nSPS) is 11.6. The van der Waals surface area contributed by atoms with Gasteiger partial charge in [0.15, 0.2) is 11.5 Å². The van der Waals surface area contributed by atoms with Gasteiger partial charge in [0.05, 0.1) is 31.7 Å². The molecule has 7 heteroatoms. The third-order valence-electron chi connectivity index (χ3n) is 4.26. The number of hydrogen-bond donors (Lipinski definition) is 1. The maximum Gasteiger partial charge on any atom is 0.348 e. The van der Waals surface area contributed by atoms with Gasteiger partial charge in [-0.3, -0.25) is 4.79 Å². The predicted octanol–water partition coefficient (Wildman–Crippen LogP) is 4.60. The number of amides is 1. The molecule has 28 heavy (non-hydrogen) atoms. The Labute approximate surface area is 169 Å². The van der Waals surface area contributed by atoms with Crippen LogP contribution in [-0.2, 0) is 4.74 Å². The summed E-state index contributed by atoms with van der Waals surface area (Å²) in [6.07, 6.45) is 3.27. The van der Waals surface area contributed by atoms with Crippen LogP contribution in [0.4, 0.5) is 0 Å². The van der Waals surface area contributed by atoms with Gasteiger partial charge in [-0.2, -0.15) is 0 Å². The molecule has 1 aromatic carbocycles. The van der Waals surface area contributed by atoms with E-state index < -0.39 is 5.97 Å². The lowest BCUT2D eigenvalue weighted by Gasteiger charge is -2.17. The number of esters is 1. The molecule has 2 rings (SSSR count). The second-order valence-electron chi connectivity index (χ2n) is 6.32. The van der Waals surface area contributed by atoms with Crippen molar-refractivity contribution in [3.8, 4) is 11.5 Å². The summed E-state index contributed by atoms with van der Waals surface area (Å²) in [5, 5.41) is 2.94. The lowest BCUT2D eigenvalue weighted by molar-refractivity contribution is 0.0606. The van der Waals surface area contributed by atoms with E-state index in [0.29, 0.717) is 27.9 Å². The zero-order valence-corrected chi connectivity index (χ0v) is 17.6. The van der Waals surface area contributed by atoms with Crippen LogP contribution in [0.3, 0.4) is 0 Å². The smallest absolute Gasteiger partial charge is 0.348 e. The fourth-order valence-electron chi connectivity index (χ4n) is 2.63. The van der Waals surface area contributed by atoms with Gasteiger partial charge < -0.3 is 19.5 Å². The molecule has 1 aromatic heterocycles. The van der Waals surface area contributed by atoms with Gasteiger partial charge in [-0.1, -0.05) is 25.8 Å². The van der Waals surface area contributed by atoms with E-state index in [2.05, 4.69) is 17.0 Å². The lowest BCUT2D eigenvalue weighted by Crippen LogP contribution is -2.25. The van der Waals surface area contributed by atoms with Gasteiger partial charge >= 0.3 is 5.97 Å². The van der Waals surface area contributed by atoms with E-state index in [1.54, 1.807) is 19.2 Å². The fraction of sp³-hybridized carbons (Fsp3) is 0.429. The zero-order chi connectivity index (χ0) is 20.5. The first-order valence-electron chi connectivity index (χ1n) is 9.29. The van der Waals surface area contributed by atoms with Gasteiger partial charge in [0.25, 0.3) is 5.91 Å². The summed E-state index contributed by atoms with van der Waals surface area (Å²) in [5.74, 6) is 0.643. The van der Waals surface area contributed by atoms with E-state index in [1.165, 1.54) is 7.11 Å². The zero-order valence-electron chi connectivity index (χ0n) is 16.7. The van der Waals surface area contributed by atoms with Crippen molar-refractivity contribution in [1.82, 2.24) is 5.32 Å². The van der Waals surface area contributed by atoms with Crippen molar-refractivity contribution in [2.24, 2.45) is 0 Å². The molecule has 6 nitrogen and oxygen atoms in total. The van der Waals surface area contributed by atoms with Crippen LogP contribution in [0, 0.1) is 0 Å². The van der Waals surface area contributed by atoms with Gasteiger partial charge in [0.2, 0.25) is 0 Å². The van der Waals surface area contributed by atoms with E-state index >= 15 is 0 Å². The number of benzene rings is 1. The summed E-state index contributed by atoms with van der Waals surface area (Å²) >= 11 is 1.10. The van der Waals surface area contributed by atoms with Crippen LogP contribution in [0.15, 0.2) is 30.3 Å². The van der Waals surface area contributed by atoms with E-state index in [9.17, 15) is 9.59 Å². The van der Waals surface area contributed by atoms with Crippen LogP contribution < -0.4 is 14.8 Å². The molecule has 0 fully saturated rings. The topological polar surface area (TPSA) is 73.9 Å². The maximum absolute atomic E-state index is 12.5. The minimum Gasteiger partial charge on any atom is -0.493 e. The largest absolute Gasteiger partial charge is 0.493 e. The SMILES string of the molecule is CCCCCOc1ccc(C(C)NC(=O)c2ccc(C(=O)OC)s2)cc1OC. The number of carbonyl (C=O) groups is 2. The van der Waals surface area contributed by atoms with E-state index in [-0.39, 0.29) is 11.9 Å². The Balaban J connectivity index is 2.02. The van der Waals surface area contributed by atoms with E-state index in [4.69, 9.17) is 9.47 Å². The second kappa shape index (κ2) is 10.7. The molecule has 0 bridgehead atoms. The Kier molecular flexibility index (Phi) is 8.32. The molecule has 0 aliphatic carbocycles. The van der Waals surface area contributed by atoms with E-state index in [1.807, 2.05) is 25.1 Å². The quantitative estimate of drug-likeness (QED) is 0.462. The minimum absolute atomic E-state index is 0.237. The van der Waals surface area contributed by atoms with Gasteiger partial charge in [-0.15, -0.1) is 11.3 Å². The summed E-state index contributed by atoms with van der Waals surface area (Å²) in [4.78, 5) is 24.9. The highest BCUT2D eigenvalue weighted by atomic mass is 32.1. The van der Waals surface area contributed by atoms with Crippen molar-refractivity contribution in [2.75, 3.05) is 20.8 Å². The van der Waals surface area contributed by atoms with Crippen LogP contribution in [0.5, 0.6) is 11.5 Å². The number of unbranched alkanes of at least 4 members (excludes halogenated alkanes) is 2. The summed E-state index contributed by atoms with van der Waals surface area (Å²) in [6.45, 7) is 4.69. The van der Waals surface area contributed by atoms with Crippen molar-refractivity contribution >= 4 is 23.2 Å². The second-order valence-corrected chi connectivity index (χ2v) is 7.40. The number of thiophene rings is 1. The number of carbonyl (C=O) groups excluding carboxylic acids is 2. The van der Waals surface area contributed by atoms with Gasteiger partial charge in [0.1, 0.15) is 4.88 Å². The first-order chi connectivity index (χ1) is 13.5. The highest BCUT2D eigenvalue weighted by Gasteiger charge is 2.17. The number of rotatable bonds is 10. The fourth-order valence-corrected chi connectivity index (χ4v) is 3.46. The molecule has 0 radical (unpaired) electrons. The summed E-state index contributed by atoms with van der Waals surface area (Å²) in [6, 6.07) is 8.62. The molecule has 152 valence electrons. The van der Waals surface area contributed by atoms with Gasteiger partial charge in [0, 0.05) is 0 Å². The average Bonchev–Trinajstić information content (AvgIpc) is 3.21. The van der Waals surface area contributed by atoms with Crippen LogP contribution in [0.25, 0.3) is 0 Å². The number of hydrogen-bond acceptors (Lipinski definition) is 6. The Morgan fingerprint density at radius 1 is 1.07 bits per heavy atom. The first-order valence-corrected chi connectivity index (χ1v) is 10.1. The standard InChI is InChI=1S/C21H27NO5S/c1-5-6-7-12-27-16-9-8-15(13-17(16)25-3)14(2)22-20(23)18-10-11-19(28-18)21(24)26-4/h8-11,13-14H,5-7,12H2,1-4H3,(H,22,23). The Morgan fingerprint density at radius 3 is 2.50 bits per heavy atom. The number of nitrogens with one attached hydrogen (secondary N) is 1. The van der Waals surface area contributed by atoms with Crippen LogP contribution in [0.2, 0.25) is 0 Å². The van der Waals surface area contributed by atoms with Gasteiger partial charge in [-0.05, 0) is 43.2 Å². The molecular weight excluding hydrogens is 378 g/mol. The summed E-state index contributed by atoms with van der Waals surface area (Å²) in [7, 11) is 2.91. The molecule has 0 aliphatic heterocycles.